The summed E-state index contributed by atoms with van der Waals surface area (Å²) in [5, 5.41) is 0. The molecule has 20 heavy (non-hydrogen) atoms. The monoisotopic (exact) mass is 275 g/mol. The number of ether oxygens (including phenoxy) is 2. The van der Waals surface area contributed by atoms with E-state index in [0.717, 1.165) is 13.0 Å². The topological polar surface area (TPSA) is 38.8 Å². The van der Waals surface area contributed by atoms with Crippen molar-refractivity contribution in [1.82, 2.24) is 4.90 Å². The number of nitrogens with zero attached hydrogens (tertiary/aromatic N) is 1. The molecule has 0 unspecified atom stereocenters. The van der Waals surface area contributed by atoms with Gasteiger partial charge >= 0.3 is 0 Å². The number of amides is 1. The van der Waals surface area contributed by atoms with Gasteiger partial charge in [-0.3, -0.25) is 4.79 Å². The van der Waals surface area contributed by atoms with Crippen LogP contribution in [0.25, 0.3) is 0 Å². The third-order valence-electron chi connectivity index (χ3n) is 3.99. The van der Waals surface area contributed by atoms with Crippen LogP contribution in [0.2, 0.25) is 0 Å². The van der Waals surface area contributed by atoms with Crippen molar-refractivity contribution in [1.29, 1.82) is 0 Å². The Kier molecular flexibility index (Phi) is 3.30. The van der Waals surface area contributed by atoms with E-state index >= 15 is 0 Å². The van der Waals surface area contributed by atoms with Gasteiger partial charge in [0.1, 0.15) is 0 Å². The highest BCUT2D eigenvalue weighted by Gasteiger charge is 2.44. The van der Waals surface area contributed by atoms with Gasteiger partial charge in [0.25, 0.3) is 5.91 Å². The number of fused-ring (bicyclic) bond motifs is 1. The molecule has 4 heteroatoms. The van der Waals surface area contributed by atoms with Gasteiger partial charge in [-0.1, -0.05) is 24.3 Å². The highest BCUT2D eigenvalue weighted by molar-refractivity contribution is 5.82. The SMILES string of the molecule is C[C@@H]1OC(C)(C)O[C@H]1C(=O)N1CCc2ccccc2C1. The maximum absolute atomic E-state index is 12.6. The lowest BCUT2D eigenvalue weighted by atomic mass is 9.99. The van der Waals surface area contributed by atoms with Crippen LogP contribution in [-0.4, -0.2) is 35.3 Å². The molecule has 1 aromatic rings. The van der Waals surface area contributed by atoms with Crippen molar-refractivity contribution >= 4 is 5.91 Å². The zero-order valence-electron chi connectivity index (χ0n) is 12.3. The van der Waals surface area contributed by atoms with Crippen molar-refractivity contribution in [2.45, 2.75) is 51.7 Å². The Bertz CT molecular complexity index is 526. The molecule has 1 saturated heterocycles. The summed E-state index contributed by atoms with van der Waals surface area (Å²) in [6.07, 6.45) is 0.220. The van der Waals surface area contributed by atoms with E-state index in [0.29, 0.717) is 6.54 Å². The minimum Gasteiger partial charge on any atom is -0.344 e. The van der Waals surface area contributed by atoms with Crippen molar-refractivity contribution in [2.75, 3.05) is 6.54 Å². The first kappa shape index (κ1) is 13.6. The smallest absolute Gasteiger partial charge is 0.254 e. The van der Waals surface area contributed by atoms with Crippen molar-refractivity contribution < 1.29 is 14.3 Å². The van der Waals surface area contributed by atoms with Crippen LogP contribution in [-0.2, 0) is 27.2 Å². The third-order valence-corrected chi connectivity index (χ3v) is 3.99. The van der Waals surface area contributed by atoms with Crippen LogP contribution in [0.1, 0.15) is 31.9 Å². The lowest BCUT2D eigenvalue weighted by molar-refractivity contribution is -0.161. The molecule has 4 nitrogen and oxygen atoms in total. The van der Waals surface area contributed by atoms with E-state index in [1.54, 1.807) is 0 Å². The summed E-state index contributed by atoms with van der Waals surface area (Å²) in [5.41, 5.74) is 2.58. The number of rotatable bonds is 1. The van der Waals surface area contributed by atoms with Gasteiger partial charge in [0.2, 0.25) is 0 Å². The molecule has 1 fully saturated rings. The fraction of sp³-hybridized carbons (Fsp3) is 0.562. The van der Waals surface area contributed by atoms with E-state index in [4.69, 9.17) is 9.47 Å². The summed E-state index contributed by atoms with van der Waals surface area (Å²) < 4.78 is 11.4. The standard InChI is InChI=1S/C16H21NO3/c1-11-14(20-16(2,3)19-11)15(18)17-9-8-12-6-4-5-7-13(12)10-17/h4-7,11,14H,8-10H2,1-3H3/t11-,14+/m0/s1. The molecule has 0 bridgehead atoms. The first-order valence-corrected chi connectivity index (χ1v) is 7.17. The molecule has 0 aliphatic carbocycles. The first-order chi connectivity index (χ1) is 9.46. The minimum atomic E-state index is -0.673. The van der Waals surface area contributed by atoms with Crippen LogP contribution in [0.15, 0.2) is 24.3 Å². The number of carbonyl (C=O) groups excluding carboxylic acids is 1. The van der Waals surface area contributed by atoms with Gasteiger partial charge in [0, 0.05) is 13.1 Å². The van der Waals surface area contributed by atoms with E-state index in [-0.39, 0.29) is 12.0 Å². The molecule has 108 valence electrons. The molecule has 2 atom stereocenters. The molecule has 2 aliphatic heterocycles. The highest BCUT2D eigenvalue weighted by Crippen LogP contribution is 2.30. The van der Waals surface area contributed by atoms with E-state index < -0.39 is 11.9 Å². The Morgan fingerprint density at radius 2 is 1.95 bits per heavy atom. The fourth-order valence-electron chi connectivity index (χ4n) is 3.05. The molecule has 3 rings (SSSR count). The van der Waals surface area contributed by atoms with Gasteiger partial charge in [0.05, 0.1) is 6.10 Å². The lowest BCUT2D eigenvalue weighted by Crippen LogP contribution is -2.45. The molecule has 2 aliphatic rings. The fourth-order valence-corrected chi connectivity index (χ4v) is 3.05. The van der Waals surface area contributed by atoms with Crippen LogP contribution in [0.3, 0.4) is 0 Å². The normalized spacial score (nSPS) is 28.2. The molecule has 0 spiro atoms. The van der Waals surface area contributed by atoms with Crippen molar-refractivity contribution in [3.63, 3.8) is 0 Å². The lowest BCUT2D eigenvalue weighted by Gasteiger charge is -2.31. The average molecular weight is 275 g/mol. The highest BCUT2D eigenvalue weighted by atomic mass is 16.8. The number of hydrogen-bond donors (Lipinski definition) is 0. The summed E-state index contributed by atoms with van der Waals surface area (Å²) in [7, 11) is 0. The van der Waals surface area contributed by atoms with Crippen LogP contribution >= 0.6 is 0 Å². The van der Waals surface area contributed by atoms with Crippen molar-refractivity contribution in [2.24, 2.45) is 0 Å². The third kappa shape index (κ3) is 2.45. The van der Waals surface area contributed by atoms with Crippen LogP contribution < -0.4 is 0 Å². The molecular formula is C16H21NO3. The zero-order valence-corrected chi connectivity index (χ0v) is 12.3. The second-order valence-corrected chi connectivity index (χ2v) is 6.04. The summed E-state index contributed by atoms with van der Waals surface area (Å²) >= 11 is 0. The van der Waals surface area contributed by atoms with E-state index in [1.165, 1.54) is 11.1 Å². The van der Waals surface area contributed by atoms with E-state index in [9.17, 15) is 4.79 Å². The zero-order chi connectivity index (χ0) is 14.3. The largest absolute Gasteiger partial charge is 0.344 e. The van der Waals surface area contributed by atoms with Gasteiger partial charge in [-0.25, -0.2) is 0 Å². The molecule has 1 amide bonds. The predicted molar refractivity (Wildman–Crippen MR) is 75.1 cm³/mol. The van der Waals surface area contributed by atoms with Crippen LogP contribution in [0, 0.1) is 0 Å². The Morgan fingerprint density at radius 1 is 1.25 bits per heavy atom. The Labute approximate surface area is 119 Å². The Balaban J connectivity index is 1.74. The quantitative estimate of drug-likeness (QED) is 0.788. The van der Waals surface area contributed by atoms with E-state index in [2.05, 4.69) is 18.2 Å². The van der Waals surface area contributed by atoms with E-state index in [1.807, 2.05) is 31.7 Å². The molecule has 0 radical (unpaired) electrons. The summed E-state index contributed by atoms with van der Waals surface area (Å²) in [5.74, 6) is -0.634. The summed E-state index contributed by atoms with van der Waals surface area (Å²) in [6.45, 7) is 7.02. The molecule has 0 saturated carbocycles. The molecular weight excluding hydrogens is 254 g/mol. The van der Waals surface area contributed by atoms with Gasteiger partial charge in [-0.15, -0.1) is 0 Å². The van der Waals surface area contributed by atoms with Crippen LogP contribution in [0.4, 0.5) is 0 Å². The number of carbonyl (C=O) groups is 1. The van der Waals surface area contributed by atoms with Gasteiger partial charge in [-0.05, 0) is 38.3 Å². The Hall–Kier alpha value is -1.39. The maximum atomic E-state index is 12.6. The summed E-state index contributed by atoms with van der Waals surface area (Å²) in [4.78, 5) is 14.5. The molecule has 1 aromatic carbocycles. The first-order valence-electron chi connectivity index (χ1n) is 7.17. The van der Waals surface area contributed by atoms with Gasteiger partial charge in [0.15, 0.2) is 11.9 Å². The summed E-state index contributed by atoms with van der Waals surface area (Å²) in [6, 6.07) is 8.30. The predicted octanol–water partition coefficient (Wildman–Crippen LogP) is 2.11. The maximum Gasteiger partial charge on any atom is 0.254 e. The van der Waals surface area contributed by atoms with Crippen molar-refractivity contribution in [3.05, 3.63) is 35.4 Å². The van der Waals surface area contributed by atoms with Gasteiger partial charge < -0.3 is 14.4 Å². The molecule has 0 N–H and O–H groups in total. The second kappa shape index (κ2) is 4.86. The molecule has 2 heterocycles. The van der Waals surface area contributed by atoms with Gasteiger partial charge in [-0.2, -0.15) is 0 Å². The number of benzene rings is 1. The average Bonchev–Trinajstić information content (AvgIpc) is 2.70. The Morgan fingerprint density at radius 3 is 2.60 bits per heavy atom. The second-order valence-electron chi connectivity index (χ2n) is 6.04. The molecule has 0 aromatic heterocycles. The van der Waals surface area contributed by atoms with Crippen molar-refractivity contribution in [3.8, 4) is 0 Å². The van der Waals surface area contributed by atoms with Crippen LogP contribution in [0.5, 0.6) is 0 Å². The minimum absolute atomic E-state index is 0.0394. The number of hydrogen-bond acceptors (Lipinski definition) is 3.